The lowest BCUT2D eigenvalue weighted by molar-refractivity contribution is 0.602. The highest BCUT2D eigenvalue weighted by Gasteiger charge is 2.06. The van der Waals surface area contributed by atoms with Gasteiger partial charge in [-0.05, 0) is 24.3 Å². The van der Waals surface area contributed by atoms with Crippen LogP contribution in [0, 0.1) is 0 Å². The number of anilines is 1. The molecule has 0 aliphatic rings. The summed E-state index contributed by atoms with van der Waals surface area (Å²) in [6.45, 7) is 0.585. The van der Waals surface area contributed by atoms with Crippen LogP contribution in [0.25, 0.3) is 0 Å². The van der Waals surface area contributed by atoms with E-state index in [-0.39, 0.29) is 0 Å². The monoisotopic (exact) mass is 266 g/mol. The average molecular weight is 266 g/mol. The standard InChI is InChI=1S/C11H14N4O2S/c1-15-10(8-13-14-15)7-12-9-3-5-11(6-4-9)18(2,16)17/h3-6,8,12H,7H2,1-2H3. The van der Waals surface area contributed by atoms with Crippen LogP contribution in [-0.2, 0) is 23.4 Å². The zero-order valence-corrected chi connectivity index (χ0v) is 11.0. The molecule has 0 aliphatic heterocycles. The molecular formula is C11H14N4O2S. The van der Waals surface area contributed by atoms with Crippen LogP contribution in [-0.4, -0.2) is 29.7 Å². The fourth-order valence-electron chi connectivity index (χ4n) is 1.48. The minimum Gasteiger partial charge on any atom is -0.379 e. The molecule has 0 amide bonds. The average Bonchev–Trinajstić information content (AvgIpc) is 2.72. The second kappa shape index (κ2) is 4.77. The third kappa shape index (κ3) is 2.86. The Hall–Kier alpha value is -1.89. The van der Waals surface area contributed by atoms with Gasteiger partial charge in [0.1, 0.15) is 0 Å². The van der Waals surface area contributed by atoms with Gasteiger partial charge in [0, 0.05) is 19.0 Å². The summed E-state index contributed by atoms with van der Waals surface area (Å²) < 4.78 is 24.3. The number of benzene rings is 1. The van der Waals surface area contributed by atoms with Crippen molar-refractivity contribution in [1.29, 1.82) is 0 Å². The van der Waals surface area contributed by atoms with Crippen molar-refractivity contribution in [3.63, 3.8) is 0 Å². The molecule has 0 radical (unpaired) electrons. The van der Waals surface area contributed by atoms with Crippen LogP contribution < -0.4 is 5.32 Å². The highest BCUT2D eigenvalue weighted by Crippen LogP contribution is 2.14. The van der Waals surface area contributed by atoms with Gasteiger partial charge in [-0.25, -0.2) is 8.42 Å². The van der Waals surface area contributed by atoms with E-state index in [1.54, 1.807) is 35.1 Å². The lowest BCUT2D eigenvalue weighted by Gasteiger charge is -2.06. The van der Waals surface area contributed by atoms with Crippen molar-refractivity contribution in [3.05, 3.63) is 36.2 Å². The number of hydrogen-bond acceptors (Lipinski definition) is 5. The van der Waals surface area contributed by atoms with Crippen LogP contribution in [0.15, 0.2) is 35.4 Å². The van der Waals surface area contributed by atoms with E-state index in [0.717, 1.165) is 11.4 Å². The van der Waals surface area contributed by atoms with Crippen molar-refractivity contribution in [2.45, 2.75) is 11.4 Å². The Morgan fingerprint density at radius 1 is 1.28 bits per heavy atom. The van der Waals surface area contributed by atoms with E-state index in [0.29, 0.717) is 11.4 Å². The van der Waals surface area contributed by atoms with Crippen LogP contribution in [0.3, 0.4) is 0 Å². The Morgan fingerprint density at radius 2 is 1.94 bits per heavy atom. The summed E-state index contributed by atoms with van der Waals surface area (Å²) in [6.07, 6.45) is 2.87. The molecule has 0 fully saturated rings. The summed E-state index contributed by atoms with van der Waals surface area (Å²) in [4.78, 5) is 0.315. The Morgan fingerprint density at radius 3 is 2.44 bits per heavy atom. The normalized spacial score (nSPS) is 11.4. The first-order valence-electron chi connectivity index (χ1n) is 5.34. The van der Waals surface area contributed by atoms with Gasteiger partial charge in [0.05, 0.1) is 23.3 Å². The maximum Gasteiger partial charge on any atom is 0.175 e. The van der Waals surface area contributed by atoms with Gasteiger partial charge >= 0.3 is 0 Å². The first-order chi connectivity index (χ1) is 8.47. The molecule has 0 atom stereocenters. The van der Waals surface area contributed by atoms with E-state index in [4.69, 9.17) is 0 Å². The second-order valence-corrected chi connectivity index (χ2v) is 6.01. The number of aromatic nitrogens is 3. The van der Waals surface area contributed by atoms with Gasteiger partial charge in [0.15, 0.2) is 9.84 Å². The van der Waals surface area contributed by atoms with Crippen LogP contribution in [0.4, 0.5) is 5.69 Å². The molecule has 96 valence electrons. The molecule has 0 saturated heterocycles. The molecule has 18 heavy (non-hydrogen) atoms. The zero-order valence-electron chi connectivity index (χ0n) is 10.2. The van der Waals surface area contributed by atoms with Gasteiger partial charge < -0.3 is 5.32 Å². The second-order valence-electron chi connectivity index (χ2n) is 4.00. The molecule has 7 heteroatoms. The molecule has 1 N–H and O–H groups in total. The lowest BCUT2D eigenvalue weighted by atomic mass is 10.3. The number of sulfone groups is 1. The van der Waals surface area contributed by atoms with Crippen molar-refractivity contribution >= 4 is 15.5 Å². The minimum absolute atomic E-state index is 0.315. The fourth-order valence-corrected chi connectivity index (χ4v) is 2.11. The molecule has 1 aromatic heterocycles. The summed E-state index contributed by atoms with van der Waals surface area (Å²) in [5, 5.41) is 10.8. The predicted octanol–water partition coefficient (Wildman–Crippen LogP) is 0.831. The first-order valence-corrected chi connectivity index (χ1v) is 7.23. The quantitative estimate of drug-likeness (QED) is 0.887. The molecular weight excluding hydrogens is 252 g/mol. The van der Waals surface area contributed by atoms with Crippen LogP contribution in [0.5, 0.6) is 0 Å². The summed E-state index contributed by atoms with van der Waals surface area (Å²) in [6, 6.07) is 6.64. The maximum absolute atomic E-state index is 11.3. The third-order valence-corrected chi connectivity index (χ3v) is 3.69. The Kier molecular flexibility index (Phi) is 3.33. The Bertz CT molecular complexity index is 631. The highest BCUT2D eigenvalue weighted by molar-refractivity contribution is 7.90. The molecule has 0 unspecified atom stereocenters. The van der Waals surface area contributed by atoms with E-state index in [9.17, 15) is 8.42 Å². The Labute approximate surface area is 106 Å². The van der Waals surface area contributed by atoms with Gasteiger partial charge in [-0.1, -0.05) is 5.21 Å². The molecule has 2 aromatic rings. The summed E-state index contributed by atoms with van der Waals surface area (Å²) in [5.74, 6) is 0. The SMILES string of the molecule is Cn1nncc1CNc1ccc(S(C)(=O)=O)cc1. The van der Waals surface area contributed by atoms with Crippen molar-refractivity contribution in [2.24, 2.45) is 7.05 Å². The van der Waals surface area contributed by atoms with E-state index in [1.807, 2.05) is 7.05 Å². The largest absolute Gasteiger partial charge is 0.379 e. The first kappa shape index (κ1) is 12.6. The highest BCUT2D eigenvalue weighted by atomic mass is 32.2. The number of rotatable bonds is 4. The van der Waals surface area contributed by atoms with Gasteiger partial charge in [-0.3, -0.25) is 4.68 Å². The van der Waals surface area contributed by atoms with E-state index < -0.39 is 9.84 Å². The molecule has 0 bridgehead atoms. The summed E-state index contributed by atoms with van der Waals surface area (Å²) in [7, 11) is -1.32. The number of nitrogens with one attached hydrogen (secondary N) is 1. The van der Waals surface area contributed by atoms with Gasteiger partial charge in [-0.2, -0.15) is 0 Å². The van der Waals surface area contributed by atoms with Crippen molar-refractivity contribution in [1.82, 2.24) is 15.0 Å². The smallest absolute Gasteiger partial charge is 0.175 e. The van der Waals surface area contributed by atoms with Crippen molar-refractivity contribution in [2.75, 3.05) is 11.6 Å². The maximum atomic E-state index is 11.3. The van der Waals surface area contributed by atoms with Crippen LogP contribution >= 0.6 is 0 Å². The van der Waals surface area contributed by atoms with E-state index in [2.05, 4.69) is 15.6 Å². The lowest BCUT2D eigenvalue weighted by Crippen LogP contribution is -2.05. The number of nitrogens with zero attached hydrogens (tertiary/aromatic N) is 3. The summed E-state index contributed by atoms with van der Waals surface area (Å²) >= 11 is 0. The minimum atomic E-state index is -3.14. The predicted molar refractivity (Wildman–Crippen MR) is 67.9 cm³/mol. The Balaban J connectivity index is 2.05. The van der Waals surface area contributed by atoms with E-state index >= 15 is 0 Å². The van der Waals surface area contributed by atoms with Crippen molar-refractivity contribution < 1.29 is 8.42 Å². The molecule has 1 aromatic carbocycles. The summed E-state index contributed by atoms with van der Waals surface area (Å²) in [5.41, 5.74) is 1.80. The number of hydrogen-bond donors (Lipinski definition) is 1. The van der Waals surface area contributed by atoms with Crippen LogP contribution in [0.1, 0.15) is 5.69 Å². The fraction of sp³-hybridized carbons (Fsp3) is 0.273. The molecule has 0 saturated carbocycles. The molecule has 2 rings (SSSR count). The molecule has 1 heterocycles. The van der Waals surface area contributed by atoms with Crippen LogP contribution in [0.2, 0.25) is 0 Å². The number of aryl methyl sites for hydroxylation is 1. The van der Waals surface area contributed by atoms with Gasteiger partial charge in [0.2, 0.25) is 0 Å². The van der Waals surface area contributed by atoms with E-state index in [1.165, 1.54) is 6.26 Å². The van der Waals surface area contributed by atoms with Gasteiger partial charge in [-0.15, -0.1) is 5.10 Å². The topological polar surface area (TPSA) is 76.9 Å². The molecule has 0 aliphatic carbocycles. The molecule has 6 nitrogen and oxygen atoms in total. The van der Waals surface area contributed by atoms with Gasteiger partial charge in [0.25, 0.3) is 0 Å². The third-order valence-electron chi connectivity index (χ3n) is 2.56. The molecule has 0 spiro atoms. The zero-order chi connectivity index (χ0) is 13.2. The van der Waals surface area contributed by atoms with Crippen molar-refractivity contribution in [3.8, 4) is 0 Å².